The second kappa shape index (κ2) is 15.5. The van der Waals surface area contributed by atoms with E-state index in [1.165, 1.54) is 0 Å². The fourth-order valence-electron chi connectivity index (χ4n) is 7.59. The van der Waals surface area contributed by atoms with E-state index in [0.717, 1.165) is 65.0 Å². The highest BCUT2D eigenvalue weighted by atomic mass is 16.5. The van der Waals surface area contributed by atoms with Crippen LogP contribution in [0.3, 0.4) is 0 Å². The van der Waals surface area contributed by atoms with Crippen molar-refractivity contribution >= 4 is 40.8 Å². The van der Waals surface area contributed by atoms with Crippen LogP contribution in [0.15, 0.2) is 53.6 Å². The normalized spacial score (nSPS) is 17.6. The Kier molecular flexibility index (Phi) is 10.8. The van der Waals surface area contributed by atoms with Crippen molar-refractivity contribution in [3.8, 4) is 22.6 Å². The number of amides is 3. The zero-order valence-electron chi connectivity index (χ0n) is 30.5. The molecule has 0 bridgehead atoms. The Morgan fingerprint density at radius 1 is 0.962 bits per heavy atom. The smallest absolute Gasteiger partial charge is 0.290 e. The van der Waals surface area contributed by atoms with E-state index in [-0.39, 0.29) is 30.3 Å². The second-order valence-corrected chi connectivity index (χ2v) is 13.8. The number of aromatic nitrogens is 2. The van der Waals surface area contributed by atoms with Crippen molar-refractivity contribution in [3.05, 3.63) is 81.4 Å². The van der Waals surface area contributed by atoms with Gasteiger partial charge in [0.15, 0.2) is 0 Å². The molecular weight excluding hydrogens is 680 g/mol. The van der Waals surface area contributed by atoms with Crippen molar-refractivity contribution in [1.29, 1.82) is 0 Å². The van der Waals surface area contributed by atoms with Crippen LogP contribution in [0.25, 0.3) is 21.9 Å². The van der Waals surface area contributed by atoms with Gasteiger partial charge in [-0.1, -0.05) is 12.1 Å². The molecule has 14 nitrogen and oxygen atoms in total. The van der Waals surface area contributed by atoms with Crippen LogP contribution in [0.1, 0.15) is 58.6 Å². The minimum Gasteiger partial charge on any atom is -0.496 e. The average molecular weight is 725 g/mol. The molecule has 0 spiro atoms. The van der Waals surface area contributed by atoms with E-state index in [1.54, 1.807) is 36.9 Å². The maximum atomic E-state index is 13.4. The summed E-state index contributed by atoms with van der Waals surface area (Å²) in [5.74, 6) is 1.66. The third-order valence-electron chi connectivity index (χ3n) is 10.4. The van der Waals surface area contributed by atoms with Gasteiger partial charge in [-0.05, 0) is 79.2 Å². The lowest BCUT2D eigenvalue weighted by Crippen LogP contribution is -2.52. The number of ether oxygens (including phenoxy) is 2. The first-order valence-corrected chi connectivity index (χ1v) is 17.5. The monoisotopic (exact) mass is 724 g/mol. The first-order chi connectivity index (χ1) is 25.5. The molecule has 2 aromatic heterocycles. The number of nitrogens with zero attached hydrogens (tertiary/aromatic N) is 5. The number of hydrogen-bond acceptors (Lipinski definition) is 10. The summed E-state index contributed by atoms with van der Waals surface area (Å²) < 4.78 is 13.5. The fourth-order valence-corrected chi connectivity index (χ4v) is 7.59. The highest BCUT2D eigenvalue weighted by Crippen LogP contribution is 2.40. The van der Waals surface area contributed by atoms with Gasteiger partial charge in [0.05, 0.1) is 25.2 Å². The molecule has 1 atom stereocenters. The number of piperidine rings is 2. The molecule has 7 rings (SSSR count). The largest absolute Gasteiger partial charge is 0.496 e. The van der Waals surface area contributed by atoms with Crippen LogP contribution >= 0.6 is 0 Å². The minimum absolute atomic E-state index is 0.110. The lowest BCUT2D eigenvalue weighted by atomic mass is 9.87. The van der Waals surface area contributed by atoms with Gasteiger partial charge in [-0.25, -0.2) is 4.98 Å². The summed E-state index contributed by atoms with van der Waals surface area (Å²) in [4.78, 5) is 69.2. The number of benzene rings is 2. The van der Waals surface area contributed by atoms with Gasteiger partial charge >= 0.3 is 0 Å². The second-order valence-electron chi connectivity index (χ2n) is 13.8. The predicted octanol–water partition coefficient (Wildman–Crippen LogP) is 3.53. The first kappa shape index (κ1) is 37.0. The number of carbonyl (C=O) groups is 4. The molecule has 0 radical (unpaired) electrons. The van der Waals surface area contributed by atoms with Crippen LogP contribution < -0.4 is 25.2 Å². The Hall–Kier alpha value is -5.76. The Bertz CT molecular complexity index is 2110. The van der Waals surface area contributed by atoms with E-state index < -0.39 is 11.9 Å². The molecule has 3 amide bonds. The molecule has 3 aliphatic rings. The topological polar surface area (TPSA) is 164 Å². The number of aryl methyl sites for hydroxylation is 1. The minimum atomic E-state index is -0.615. The summed E-state index contributed by atoms with van der Waals surface area (Å²) >= 11 is 0. The summed E-state index contributed by atoms with van der Waals surface area (Å²) in [5.41, 5.74) is 5.32. The van der Waals surface area contributed by atoms with Crippen LogP contribution in [0.2, 0.25) is 0 Å². The Labute approximate surface area is 306 Å². The number of pyridine rings is 2. The molecular formula is C39H44N6O8. The lowest BCUT2D eigenvalue weighted by Gasteiger charge is -2.33. The molecule has 3 aliphatic heterocycles. The van der Waals surface area contributed by atoms with Crippen molar-refractivity contribution in [2.45, 2.75) is 50.7 Å². The van der Waals surface area contributed by atoms with Crippen LogP contribution in [-0.4, -0.2) is 96.1 Å². The lowest BCUT2D eigenvalue weighted by molar-refractivity contribution is -0.137. The molecule has 1 unspecified atom stereocenters. The summed E-state index contributed by atoms with van der Waals surface area (Å²) in [7, 11) is 8.91. The molecule has 5 heterocycles. The number of fused-ring (bicyclic) bond motifs is 2. The van der Waals surface area contributed by atoms with Gasteiger partial charge in [0, 0.05) is 69.6 Å². The Morgan fingerprint density at radius 2 is 1.64 bits per heavy atom. The molecule has 2 N–H and O–H groups in total. The van der Waals surface area contributed by atoms with Gasteiger partial charge in [-0.2, -0.15) is 0 Å². The molecule has 0 saturated carbocycles. The van der Waals surface area contributed by atoms with Gasteiger partial charge in [0.1, 0.15) is 23.4 Å². The van der Waals surface area contributed by atoms with Gasteiger partial charge < -0.3 is 28.9 Å². The van der Waals surface area contributed by atoms with E-state index in [1.807, 2.05) is 55.5 Å². The zero-order chi connectivity index (χ0) is 38.0. The van der Waals surface area contributed by atoms with Gasteiger partial charge in [-0.15, -0.1) is 0 Å². The first-order valence-electron chi connectivity index (χ1n) is 17.5. The van der Waals surface area contributed by atoms with Crippen LogP contribution in [0.5, 0.6) is 11.5 Å². The van der Waals surface area contributed by atoms with E-state index in [0.29, 0.717) is 47.9 Å². The molecule has 2 saturated heterocycles. The van der Waals surface area contributed by atoms with E-state index >= 15 is 0 Å². The molecule has 4 aromatic rings. The summed E-state index contributed by atoms with van der Waals surface area (Å²) in [6.07, 6.45) is 5.94. The molecule has 2 aromatic carbocycles. The van der Waals surface area contributed by atoms with Crippen molar-refractivity contribution in [2.75, 3.05) is 46.3 Å². The number of likely N-dealkylation sites (tertiary alicyclic amines) is 1. The summed E-state index contributed by atoms with van der Waals surface area (Å²) in [6.45, 7) is 2.50. The van der Waals surface area contributed by atoms with Crippen LogP contribution in [0.4, 0.5) is 5.82 Å². The van der Waals surface area contributed by atoms with Gasteiger partial charge in [0.2, 0.25) is 11.8 Å². The maximum Gasteiger partial charge on any atom is 0.290 e. The summed E-state index contributed by atoms with van der Waals surface area (Å²) in [6, 6.07) is 11.5. The zero-order valence-corrected chi connectivity index (χ0v) is 30.5. The maximum absolute atomic E-state index is 13.4. The number of rotatable bonds is 8. The highest BCUT2D eigenvalue weighted by molar-refractivity contribution is 6.05. The number of carboxylic acid groups (broad SMARTS) is 1. The van der Waals surface area contributed by atoms with Crippen molar-refractivity contribution in [1.82, 2.24) is 24.7 Å². The van der Waals surface area contributed by atoms with Gasteiger partial charge in [0.25, 0.3) is 17.9 Å². The Balaban J connectivity index is 0.00000155. The van der Waals surface area contributed by atoms with E-state index in [2.05, 4.69) is 21.3 Å². The van der Waals surface area contributed by atoms with E-state index in [4.69, 9.17) is 19.4 Å². The van der Waals surface area contributed by atoms with Crippen molar-refractivity contribution in [3.63, 3.8) is 0 Å². The number of imide groups is 1. The number of anilines is 1. The fraction of sp³-hybridized carbons (Fsp3) is 0.385. The predicted molar refractivity (Wildman–Crippen MR) is 198 cm³/mol. The van der Waals surface area contributed by atoms with Crippen LogP contribution in [0, 0.1) is 0 Å². The quantitative estimate of drug-likeness (QED) is 0.202. The average Bonchev–Trinajstić information content (AvgIpc) is 3.48. The molecule has 0 aliphatic carbocycles. The number of hydrogen-bond donors (Lipinski definition) is 2. The number of carbonyl (C=O) groups excluding carboxylic acids is 3. The third-order valence-corrected chi connectivity index (χ3v) is 10.4. The molecule has 53 heavy (non-hydrogen) atoms. The molecule has 2 fully saturated rings. The Morgan fingerprint density at radius 3 is 2.26 bits per heavy atom. The summed E-state index contributed by atoms with van der Waals surface area (Å²) in [5, 5.41) is 10.6. The van der Waals surface area contributed by atoms with Crippen LogP contribution in [-0.2, 0) is 34.5 Å². The van der Waals surface area contributed by atoms with Gasteiger partial charge in [-0.3, -0.25) is 34.2 Å². The van der Waals surface area contributed by atoms with Crippen molar-refractivity contribution < 1.29 is 33.8 Å². The highest BCUT2D eigenvalue weighted by Gasteiger charge is 2.39. The number of nitrogens with one attached hydrogen (secondary N) is 1. The number of methoxy groups -OCH3 is 2. The molecule has 14 heteroatoms. The third kappa shape index (κ3) is 7.31. The molecule has 278 valence electrons. The van der Waals surface area contributed by atoms with E-state index in [9.17, 15) is 19.2 Å². The van der Waals surface area contributed by atoms with Crippen molar-refractivity contribution in [2.24, 2.45) is 7.05 Å². The standard InChI is InChI=1S/C38H42N6O6.CH2O2/c1-41(2)34-17-27-28(18-39-34)37(47)42(3)20-29(27)25-15-32(49-4)30(33(16-25)50-5)21-43-12-10-22(11-13-43)23-6-7-24-19-44(38(48)26(24)14-23)31-8-9-35(45)40-36(31)46;2-1-3/h6-7,14-18,20,22,31H,8-13,19,21H2,1-5H3,(H,40,45,46);1H,(H,2,3). The SMILES string of the molecule is COc1cc(-c2cn(C)c(=O)c3cnc(N(C)C)cc23)cc(OC)c1CN1CCC(c2ccc3c(c2)C(=O)N(C2CCC(=O)NC2=O)C3)CC1.O=CO.